The summed E-state index contributed by atoms with van der Waals surface area (Å²) in [6.45, 7) is 9.96. The van der Waals surface area contributed by atoms with Crippen LogP contribution in [0.3, 0.4) is 0 Å². The lowest BCUT2D eigenvalue weighted by atomic mass is 9.90. The summed E-state index contributed by atoms with van der Waals surface area (Å²) in [6.07, 6.45) is 0. The second kappa shape index (κ2) is 8.84. The van der Waals surface area contributed by atoms with Crippen LogP contribution in [-0.4, -0.2) is 52.5 Å². The molecule has 1 N–H and O–H groups in total. The average molecular weight is 409 g/mol. The Hall–Kier alpha value is -1.93. The van der Waals surface area contributed by atoms with Gasteiger partial charge in [0.25, 0.3) is 5.91 Å². The molecule has 1 aliphatic heterocycles. The van der Waals surface area contributed by atoms with E-state index in [2.05, 4.69) is 5.32 Å². The maximum atomic E-state index is 12.5. The summed E-state index contributed by atoms with van der Waals surface area (Å²) in [5.74, 6) is -0.622. The molecule has 1 fully saturated rings. The number of thiocarbonyl (C=S) groups is 1. The van der Waals surface area contributed by atoms with Gasteiger partial charge in [-0.2, -0.15) is 0 Å². The highest BCUT2D eigenvalue weighted by atomic mass is 32.2. The smallest absolute Gasteiger partial charge is 0.339 e. The summed E-state index contributed by atoms with van der Waals surface area (Å²) in [7, 11) is 0. The van der Waals surface area contributed by atoms with Crippen LogP contribution in [0.25, 0.3) is 0 Å². The van der Waals surface area contributed by atoms with Crippen LogP contribution in [0.15, 0.2) is 0 Å². The minimum Gasteiger partial charge on any atom is -0.452 e. The van der Waals surface area contributed by atoms with E-state index in [9.17, 15) is 14.4 Å². The number of carbonyl (C=O) groups excluding carboxylic acids is 3. The number of carbonyl (C=O) groups is 3. The van der Waals surface area contributed by atoms with Gasteiger partial charge in [0.15, 0.2) is 6.61 Å². The van der Waals surface area contributed by atoms with Crippen LogP contribution in [0.5, 0.6) is 0 Å². The minimum absolute atomic E-state index is 0.0539. The van der Waals surface area contributed by atoms with Crippen LogP contribution < -0.4 is 5.32 Å². The van der Waals surface area contributed by atoms with Crippen LogP contribution in [-0.2, 0) is 14.3 Å². The molecule has 1 aromatic carbocycles. The average Bonchev–Trinajstić information content (AvgIpc) is 2.95. The Labute approximate surface area is 169 Å². The highest BCUT2D eigenvalue weighted by molar-refractivity contribution is 8.23. The Morgan fingerprint density at radius 2 is 1.63 bits per heavy atom. The molecular weight excluding hydrogens is 384 g/mol. The van der Waals surface area contributed by atoms with Gasteiger partial charge in [-0.25, -0.2) is 4.79 Å². The molecule has 0 aliphatic carbocycles. The zero-order chi connectivity index (χ0) is 20.3. The molecule has 0 radical (unpaired) electrons. The molecule has 0 atom stereocenters. The second-order valence-corrected chi connectivity index (χ2v) is 8.14. The Bertz CT molecular complexity index is 775. The third kappa shape index (κ3) is 4.68. The minimum atomic E-state index is -0.501. The Balaban J connectivity index is 1.89. The zero-order valence-electron chi connectivity index (χ0n) is 16.2. The van der Waals surface area contributed by atoms with Gasteiger partial charge < -0.3 is 10.1 Å². The first-order valence-electron chi connectivity index (χ1n) is 8.63. The molecular formula is C19H24N2O4S2. The molecule has 0 saturated carbocycles. The number of nitrogens with zero attached hydrogens (tertiary/aromatic N) is 1. The third-order valence-electron chi connectivity index (χ3n) is 5.04. The number of benzene rings is 1. The second-order valence-electron chi connectivity index (χ2n) is 6.53. The highest BCUT2D eigenvalue weighted by Gasteiger charge is 2.26. The number of amides is 2. The quantitative estimate of drug-likeness (QED) is 0.575. The zero-order valence-corrected chi connectivity index (χ0v) is 17.9. The molecule has 0 aromatic heterocycles. The summed E-state index contributed by atoms with van der Waals surface area (Å²) in [5, 5.41) is 2.64. The lowest BCUT2D eigenvalue weighted by Crippen LogP contribution is -2.38. The molecule has 2 rings (SSSR count). The van der Waals surface area contributed by atoms with Gasteiger partial charge in [-0.05, 0) is 62.4 Å². The van der Waals surface area contributed by atoms with Crippen LogP contribution in [0.1, 0.15) is 38.2 Å². The van der Waals surface area contributed by atoms with Gasteiger partial charge in [0.2, 0.25) is 5.91 Å². The molecule has 1 saturated heterocycles. The number of ether oxygens (including phenoxy) is 1. The molecule has 27 heavy (non-hydrogen) atoms. The summed E-state index contributed by atoms with van der Waals surface area (Å²) >= 11 is 6.39. The maximum absolute atomic E-state index is 12.5. The standard InChI is InChI=1S/C19H24N2O4S2/c1-10-11(2)13(4)17(14(5)12(10)3)18(24)25-8-15(22)20-6-7-21-16(23)9-27-19(21)26/h6-9H2,1-5H3,(H,20,22). The predicted molar refractivity (Wildman–Crippen MR) is 110 cm³/mol. The summed E-state index contributed by atoms with van der Waals surface area (Å²) < 4.78 is 5.73. The molecule has 0 bridgehead atoms. The Morgan fingerprint density at radius 1 is 1.07 bits per heavy atom. The number of hydrogen-bond acceptors (Lipinski definition) is 6. The van der Waals surface area contributed by atoms with Crippen molar-refractivity contribution in [1.82, 2.24) is 10.2 Å². The van der Waals surface area contributed by atoms with Crippen molar-refractivity contribution < 1.29 is 19.1 Å². The van der Waals surface area contributed by atoms with Crippen molar-refractivity contribution in [2.45, 2.75) is 34.6 Å². The van der Waals surface area contributed by atoms with Crippen molar-refractivity contribution >= 4 is 46.1 Å². The number of thioether (sulfide) groups is 1. The van der Waals surface area contributed by atoms with E-state index in [1.807, 2.05) is 34.6 Å². The van der Waals surface area contributed by atoms with E-state index in [0.717, 1.165) is 27.8 Å². The molecule has 1 aromatic rings. The predicted octanol–water partition coefficient (Wildman–Crippen LogP) is 2.36. The molecule has 146 valence electrons. The number of rotatable bonds is 6. The van der Waals surface area contributed by atoms with Crippen LogP contribution in [0, 0.1) is 34.6 Å². The van der Waals surface area contributed by atoms with E-state index in [0.29, 0.717) is 22.2 Å². The van der Waals surface area contributed by atoms with Gasteiger partial charge in [0.1, 0.15) is 4.32 Å². The molecule has 8 heteroatoms. The van der Waals surface area contributed by atoms with Crippen LogP contribution >= 0.6 is 24.0 Å². The lowest BCUT2D eigenvalue weighted by Gasteiger charge is -2.18. The first-order valence-corrected chi connectivity index (χ1v) is 10.0. The molecule has 1 aliphatic rings. The van der Waals surface area contributed by atoms with E-state index < -0.39 is 11.9 Å². The van der Waals surface area contributed by atoms with Gasteiger partial charge >= 0.3 is 5.97 Å². The van der Waals surface area contributed by atoms with Crippen molar-refractivity contribution in [2.75, 3.05) is 25.4 Å². The van der Waals surface area contributed by atoms with Crippen molar-refractivity contribution in [3.05, 3.63) is 33.4 Å². The highest BCUT2D eigenvalue weighted by Crippen LogP contribution is 2.26. The number of esters is 1. The summed E-state index contributed by atoms with van der Waals surface area (Å²) in [4.78, 5) is 37.5. The summed E-state index contributed by atoms with van der Waals surface area (Å²) in [6, 6.07) is 0. The fourth-order valence-electron chi connectivity index (χ4n) is 2.96. The van der Waals surface area contributed by atoms with Gasteiger partial charge in [-0.1, -0.05) is 24.0 Å². The van der Waals surface area contributed by atoms with Crippen LogP contribution in [0.4, 0.5) is 0 Å². The van der Waals surface area contributed by atoms with Crippen molar-refractivity contribution in [2.24, 2.45) is 0 Å². The van der Waals surface area contributed by atoms with Crippen molar-refractivity contribution in [1.29, 1.82) is 0 Å². The molecule has 1 heterocycles. The van der Waals surface area contributed by atoms with E-state index in [1.54, 1.807) is 0 Å². The normalized spacial score (nSPS) is 13.9. The first kappa shape index (κ1) is 21.4. The number of hydrogen-bond donors (Lipinski definition) is 1. The third-order valence-corrected chi connectivity index (χ3v) is 6.47. The fourth-order valence-corrected chi connectivity index (χ4v) is 4.09. The van der Waals surface area contributed by atoms with E-state index in [1.165, 1.54) is 16.7 Å². The lowest BCUT2D eigenvalue weighted by molar-refractivity contribution is -0.126. The van der Waals surface area contributed by atoms with Gasteiger partial charge in [0, 0.05) is 13.1 Å². The topological polar surface area (TPSA) is 75.7 Å². The Kier molecular flexibility index (Phi) is 7.00. The molecule has 6 nitrogen and oxygen atoms in total. The van der Waals surface area contributed by atoms with Crippen molar-refractivity contribution in [3.8, 4) is 0 Å². The van der Waals surface area contributed by atoms with Gasteiger partial charge in [0.05, 0.1) is 11.3 Å². The molecule has 2 amide bonds. The fraction of sp³-hybridized carbons (Fsp3) is 0.474. The van der Waals surface area contributed by atoms with E-state index >= 15 is 0 Å². The van der Waals surface area contributed by atoms with E-state index in [-0.39, 0.29) is 19.1 Å². The van der Waals surface area contributed by atoms with E-state index in [4.69, 9.17) is 17.0 Å². The first-order chi connectivity index (χ1) is 12.6. The van der Waals surface area contributed by atoms with Crippen LogP contribution in [0.2, 0.25) is 0 Å². The van der Waals surface area contributed by atoms with Gasteiger partial charge in [-0.3, -0.25) is 14.5 Å². The largest absolute Gasteiger partial charge is 0.452 e. The summed E-state index contributed by atoms with van der Waals surface area (Å²) in [5.41, 5.74) is 5.54. The number of nitrogens with one attached hydrogen (secondary N) is 1. The SMILES string of the molecule is Cc1c(C)c(C)c(C(=O)OCC(=O)NCCN2C(=O)CSC2=S)c(C)c1C. The maximum Gasteiger partial charge on any atom is 0.339 e. The molecule has 0 unspecified atom stereocenters. The van der Waals surface area contributed by atoms with Crippen molar-refractivity contribution in [3.63, 3.8) is 0 Å². The monoisotopic (exact) mass is 408 g/mol. The molecule has 0 spiro atoms. The van der Waals surface area contributed by atoms with Gasteiger partial charge in [-0.15, -0.1) is 0 Å². The Morgan fingerprint density at radius 3 is 2.15 bits per heavy atom.